The van der Waals surface area contributed by atoms with Crippen molar-refractivity contribution in [3.63, 3.8) is 0 Å². The van der Waals surface area contributed by atoms with Crippen LogP contribution in [0, 0.1) is 5.92 Å². The Morgan fingerprint density at radius 1 is 1.25 bits per heavy atom. The molecule has 0 saturated carbocycles. The summed E-state index contributed by atoms with van der Waals surface area (Å²) >= 11 is 12.0. The lowest BCUT2D eigenvalue weighted by molar-refractivity contribution is 0.437. The molecule has 0 aromatic heterocycles. The molecule has 0 spiro atoms. The van der Waals surface area contributed by atoms with E-state index in [4.69, 9.17) is 28.9 Å². The molecule has 1 unspecified atom stereocenters. The minimum absolute atomic E-state index is 0.0168. The predicted molar refractivity (Wildman–Crippen MR) is 83.6 cm³/mol. The second-order valence-corrected chi connectivity index (χ2v) is 7.46. The number of halogens is 2. The third kappa shape index (κ3) is 4.09. The van der Waals surface area contributed by atoms with Crippen LogP contribution in [0.2, 0.25) is 10.0 Å². The van der Waals surface area contributed by atoms with Crippen LogP contribution in [0.5, 0.6) is 0 Å². The molecule has 7 heteroatoms. The molecule has 1 rings (SSSR count). The highest BCUT2D eigenvalue weighted by molar-refractivity contribution is 7.89. The molecular formula is C13H20Cl2N2O2S. The normalized spacial score (nSPS) is 13.8. The highest BCUT2D eigenvalue weighted by Crippen LogP contribution is 2.29. The van der Waals surface area contributed by atoms with Crippen LogP contribution in [-0.2, 0) is 16.6 Å². The minimum Gasteiger partial charge on any atom is -0.326 e. The van der Waals surface area contributed by atoms with Gasteiger partial charge in [0, 0.05) is 17.6 Å². The predicted octanol–water partition coefficient (Wildman–Crippen LogP) is 3.17. The van der Waals surface area contributed by atoms with E-state index >= 15 is 0 Å². The van der Waals surface area contributed by atoms with Gasteiger partial charge in [0.25, 0.3) is 0 Å². The quantitative estimate of drug-likeness (QED) is 0.836. The lowest BCUT2D eigenvalue weighted by atomic mass is 10.0. The molecule has 4 nitrogen and oxygen atoms in total. The smallest absolute Gasteiger partial charge is 0.242 e. The number of hydrogen-bond donors (Lipinski definition) is 2. The Morgan fingerprint density at radius 3 is 2.30 bits per heavy atom. The van der Waals surface area contributed by atoms with Crippen molar-refractivity contribution in [3.05, 3.63) is 27.7 Å². The molecule has 1 aromatic carbocycles. The Bertz CT molecular complexity index is 574. The maximum absolute atomic E-state index is 12.4. The number of hydrogen-bond acceptors (Lipinski definition) is 3. The van der Waals surface area contributed by atoms with Crippen molar-refractivity contribution in [1.82, 2.24) is 4.72 Å². The highest BCUT2D eigenvalue weighted by atomic mass is 35.5. The maximum atomic E-state index is 12.4. The summed E-state index contributed by atoms with van der Waals surface area (Å²) in [6, 6.07) is 2.70. The molecule has 1 aromatic rings. The Labute approximate surface area is 130 Å². The zero-order chi connectivity index (χ0) is 15.5. The summed E-state index contributed by atoms with van der Waals surface area (Å²) < 4.78 is 27.5. The van der Waals surface area contributed by atoms with Gasteiger partial charge in [-0.3, -0.25) is 0 Å². The second-order valence-electron chi connectivity index (χ2n) is 4.96. The average Bonchev–Trinajstić information content (AvgIpc) is 2.35. The molecular weight excluding hydrogens is 319 g/mol. The number of sulfonamides is 1. The Kier molecular flexibility index (Phi) is 6.28. The average molecular weight is 339 g/mol. The molecule has 0 aliphatic rings. The fourth-order valence-corrected chi connectivity index (χ4v) is 4.23. The fourth-order valence-electron chi connectivity index (χ4n) is 1.89. The highest BCUT2D eigenvalue weighted by Gasteiger charge is 2.24. The third-order valence-corrected chi connectivity index (χ3v) is 5.47. The van der Waals surface area contributed by atoms with Gasteiger partial charge >= 0.3 is 0 Å². The topological polar surface area (TPSA) is 72.2 Å². The first-order chi connectivity index (χ1) is 9.22. The first-order valence-electron chi connectivity index (χ1n) is 6.43. The summed E-state index contributed by atoms with van der Waals surface area (Å²) in [5.41, 5.74) is 6.10. The number of nitrogens with one attached hydrogen (secondary N) is 1. The van der Waals surface area contributed by atoms with E-state index in [9.17, 15) is 8.42 Å². The van der Waals surface area contributed by atoms with Gasteiger partial charge in [0.2, 0.25) is 10.0 Å². The fraction of sp³-hybridized carbons (Fsp3) is 0.538. The summed E-state index contributed by atoms with van der Waals surface area (Å²) in [6.07, 6.45) is 0.700. The zero-order valence-electron chi connectivity index (χ0n) is 11.8. The molecule has 0 bridgehead atoms. The van der Waals surface area contributed by atoms with Crippen LogP contribution in [0.1, 0.15) is 32.8 Å². The van der Waals surface area contributed by atoms with E-state index in [0.29, 0.717) is 17.0 Å². The molecule has 0 radical (unpaired) electrons. The van der Waals surface area contributed by atoms with Gasteiger partial charge in [-0.2, -0.15) is 0 Å². The summed E-state index contributed by atoms with van der Waals surface area (Å²) in [7, 11) is -3.69. The van der Waals surface area contributed by atoms with E-state index in [1.807, 2.05) is 20.8 Å². The Balaban J connectivity index is 3.22. The Hall–Kier alpha value is -0.330. The molecule has 1 atom stereocenters. The van der Waals surface area contributed by atoms with E-state index in [1.165, 1.54) is 12.1 Å². The molecule has 3 N–H and O–H groups in total. The van der Waals surface area contributed by atoms with Crippen molar-refractivity contribution >= 4 is 33.2 Å². The van der Waals surface area contributed by atoms with Crippen LogP contribution in [-0.4, -0.2) is 14.5 Å². The number of nitrogens with two attached hydrogens (primary N) is 1. The van der Waals surface area contributed by atoms with Crippen molar-refractivity contribution in [2.75, 3.05) is 0 Å². The Morgan fingerprint density at radius 2 is 1.85 bits per heavy atom. The van der Waals surface area contributed by atoms with Crippen molar-refractivity contribution in [2.45, 2.75) is 44.7 Å². The van der Waals surface area contributed by atoms with E-state index in [-0.39, 0.29) is 28.4 Å². The van der Waals surface area contributed by atoms with Gasteiger partial charge in [-0.05, 0) is 30.0 Å². The summed E-state index contributed by atoms with van der Waals surface area (Å²) in [5, 5.41) is 0.464. The van der Waals surface area contributed by atoms with Gasteiger partial charge in [0.15, 0.2) is 0 Å². The van der Waals surface area contributed by atoms with Crippen molar-refractivity contribution in [1.29, 1.82) is 0 Å². The second kappa shape index (κ2) is 7.09. The molecule has 114 valence electrons. The van der Waals surface area contributed by atoms with Gasteiger partial charge in [-0.25, -0.2) is 13.1 Å². The molecule has 0 amide bonds. The largest absolute Gasteiger partial charge is 0.326 e. The first kappa shape index (κ1) is 17.7. The van der Waals surface area contributed by atoms with Gasteiger partial charge in [-0.15, -0.1) is 0 Å². The lowest BCUT2D eigenvalue weighted by Crippen LogP contribution is -2.38. The lowest BCUT2D eigenvalue weighted by Gasteiger charge is -2.21. The summed E-state index contributed by atoms with van der Waals surface area (Å²) in [5.74, 6) is 0.190. The molecule has 0 aliphatic carbocycles. The van der Waals surface area contributed by atoms with Gasteiger partial charge < -0.3 is 5.73 Å². The molecule has 0 aliphatic heterocycles. The molecule has 20 heavy (non-hydrogen) atoms. The van der Waals surface area contributed by atoms with Crippen molar-refractivity contribution in [2.24, 2.45) is 11.7 Å². The standard InChI is InChI=1S/C13H20Cl2N2O2S/c1-4-12(8(2)3)17-20(18,19)13-5-9(7-16)10(14)6-11(13)15/h5-6,8,12,17H,4,7,16H2,1-3H3. The third-order valence-electron chi connectivity index (χ3n) is 3.16. The van der Waals surface area contributed by atoms with Crippen molar-refractivity contribution in [3.8, 4) is 0 Å². The van der Waals surface area contributed by atoms with Crippen LogP contribution in [0.15, 0.2) is 17.0 Å². The number of rotatable bonds is 6. The number of benzene rings is 1. The zero-order valence-corrected chi connectivity index (χ0v) is 14.1. The maximum Gasteiger partial charge on any atom is 0.242 e. The first-order valence-corrected chi connectivity index (χ1v) is 8.67. The van der Waals surface area contributed by atoms with E-state index in [2.05, 4.69) is 4.72 Å². The van der Waals surface area contributed by atoms with Crippen molar-refractivity contribution < 1.29 is 8.42 Å². The van der Waals surface area contributed by atoms with Crippen LogP contribution in [0.4, 0.5) is 0 Å². The monoisotopic (exact) mass is 338 g/mol. The molecule has 0 fully saturated rings. The summed E-state index contributed by atoms with van der Waals surface area (Å²) in [4.78, 5) is 0.0168. The van der Waals surface area contributed by atoms with Crippen LogP contribution in [0.3, 0.4) is 0 Å². The summed E-state index contributed by atoms with van der Waals surface area (Å²) in [6.45, 7) is 6.01. The van der Waals surface area contributed by atoms with Crippen LogP contribution >= 0.6 is 23.2 Å². The van der Waals surface area contributed by atoms with Crippen LogP contribution < -0.4 is 10.5 Å². The molecule has 0 saturated heterocycles. The van der Waals surface area contributed by atoms with E-state index < -0.39 is 10.0 Å². The van der Waals surface area contributed by atoms with Crippen LogP contribution in [0.25, 0.3) is 0 Å². The SMILES string of the molecule is CCC(NS(=O)(=O)c1cc(CN)c(Cl)cc1Cl)C(C)C. The molecule has 0 heterocycles. The minimum atomic E-state index is -3.69. The van der Waals surface area contributed by atoms with Gasteiger partial charge in [0.1, 0.15) is 4.90 Å². The van der Waals surface area contributed by atoms with E-state index in [1.54, 1.807) is 0 Å². The van der Waals surface area contributed by atoms with Gasteiger partial charge in [-0.1, -0.05) is 44.0 Å². The van der Waals surface area contributed by atoms with Gasteiger partial charge in [0.05, 0.1) is 5.02 Å². The van der Waals surface area contributed by atoms with E-state index in [0.717, 1.165) is 0 Å².